The van der Waals surface area contributed by atoms with E-state index in [1.165, 1.54) is 11.1 Å². The molecule has 1 aliphatic rings. The minimum Gasteiger partial charge on any atom is -0.303 e. The van der Waals surface area contributed by atoms with Crippen molar-refractivity contribution in [2.45, 2.75) is 26.3 Å². The van der Waals surface area contributed by atoms with E-state index < -0.39 is 0 Å². The zero-order valence-electron chi connectivity index (χ0n) is 9.79. The number of hydrogen-bond acceptors (Lipinski definition) is 2. The molecule has 1 atom stereocenters. The fourth-order valence-corrected chi connectivity index (χ4v) is 1.97. The third kappa shape index (κ3) is 2.22. The van der Waals surface area contributed by atoms with Crippen LogP contribution in [0, 0.1) is 0 Å². The van der Waals surface area contributed by atoms with Crippen LogP contribution in [-0.2, 0) is 0 Å². The van der Waals surface area contributed by atoms with Crippen molar-refractivity contribution in [3.8, 4) is 0 Å². The van der Waals surface area contributed by atoms with Crippen LogP contribution >= 0.6 is 0 Å². The minimum atomic E-state index is -0.0499. The van der Waals surface area contributed by atoms with E-state index in [4.69, 9.17) is 0 Å². The summed E-state index contributed by atoms with van der Waals surface area (Å²) in [5.41, 5.74) is 3.50. The maximum Gasteiger partial charge on any atom is 0.180 e. The van der Waals surface area contributed by atoms with Gasteiger partial charge in [0.1, 0.15) is 0 Å². The zero-order chi connectivity index (χ0) is 11.5. The van der Waals surface area contributed by atoms with E-state index in [9.17, 15) is 4.79 Å². The fourth-order valence-electron chi connectivity index (χ4n) is 1.97. The summed E-state index contributed by atoms with van der Waals surface area (Å²) in [5, 5.41) is 3.29. The summed E-state index contributed by atoms with van der Waals surface area (Å²) in [5.74, 6) is 0.201. The normalized spacial score (nSPS) is 21.0. The van der Waals surface area contributed by atoms with Crippen molar-refractivity contribution in [2.24, 2.45) is 0 Å². The average Bonchev–Trinajstić information content (AvgIpc) is 2.33. The molecule has 1 aliphatic heterocycles. The molecule has 0 aromatic heterocycles. The molecule has 0 radical (unpaired) electrons. The summed E-state index contributed by atoms with van der Waals surface area (Å²) in [7, 11) is 0. The Kier molecular flexibility index (Phi) is 3.20. The van der Waals surface area contributed by atoms with Crippen LogP contribution in [0.2, 0.25) is 0 Å². The van der Waals surface area contributed by atoms with Crippen molar-refractivity contribution in [3.63, 3.8) is 0 Å². The number of carbonyl (C=O) groups is 1. The lowest BCUT2D eigenvalue weighted by atomic mass is 9.93. The first-order chi connectivity index (χ1) is 7.68. The van der Waals surface area contributed by atoms with Crippen molar-refractivity contribution in [1.82, 2.24) is 5.32 Å². The first-order valence-electron chi connectivity index (χ1n) is 5.66. The topological polar surface area (TPSA) is 29.1 Å². The Morgan fingerprint density at radius 2 is 1.88 bits per heavy atom. The number of ketones is 1. The SMILES string of the molecule is CC1=C(C)CC(C(=O)c2ccccc2)NC1. The predicted octanol–water partition coefficient (Wildman–Crippen LogP) is 2.57. The van der Waals surface area contributed by atoms with Crippen LogP contribution in [0.5, 0.6) is 0 Å². The maximum absolute atomic E-state index is 12.2. The quantitative estimate of drug-likeness (QED) is 0.607. The molecular weight excluding hydrogens is 198 g/mol. The first-order valence-corrected chi connectivity index (χ1v) is 5.66. The van der Waals surface area contributed by atoms with Gasteiger partial charge in [0.25, 0.3) is 0 Å². The molecule has 0 amide bonds. The van der Waals surface area contributed by atoms with Gasteiger partial charge < -0.3 is 5.32 Å². The van der Waals surface area contributed by atoms with Gasteiger partial charge in [-0.05, 0) is 20.3 Å². The molecule has 0 saturated heterocycles. The summed E-state index contributed by atoms with van der Waals surface area (Å²) in [6.07, 6.45) is 0.833. The molecule has 84 valence electrons. The standard InChI is InChI=1S/C14H17NO/c1-10-8-13(15-9-11(10)2)14(16)12-6-4-3-5-7-12/h3-7,13,15H,8-9H2,1-2H3. The number of rotatable bonds is 2. The van der Waals surface area contributed by atoms with Crippen LogP contribution in [-0.4, -0.2) is 18.4 Å². The van der Waals surface area contributed by atoms with Gasteiger partial charge in [-0.2, -0.15) is 0 Å². The van der Waals surface area contributed by atoms with Gasteiger partial charge in [-0.25, -0.2) is 0 Å². The van der Waals surface area contributed by atoms with E-state index in [2.05, 4.69) is 19.2 Å². The monoisotopic (exact) mass is 215 g/mol. The highest BCUT2D eigenvalue weighted by Gasteiger charge is 2.23. The van der Waals surface area contributed by atoms with Crippen LogP contribution < -0.4 is 5.32 Å². The second-order valence-electron chi connectivity index (χ2n) is 4.43. The molecule has 2 nitrogen and oxygen atoms in total. The zero-order valence-corrected chi connectivity index (χ0v) is 9.79. The van der Waals surface area contributed by atoms with Gasteiger partial charge in [-0.15, -0.1) is 0 Å². The Balaban J connectivity index is 2.14. The van der Waals surface area contributed by atoms with Crippen LogP contribution in [0.3, 0.4) is 0 Å². The Labute approximate surface area is 96.4 Å². The third-order valence-corrected chi connectivity index (χ3v) is 3.23. The number of nitrogens with one attached hydrogen (secondary N) is 1. The number of carbonyl (C=O) groups excluding carboxylic acids is 1. The van der Waals surface area contributed by atoms with Gasteiger partial charge in [0.15, 0.2) is 5.78 Å². The highest BCUT2D eigenvalue weighted by Crippen LogP contribution is 2.18. The molecule has 0 saturated carbocycles. The van der Waals surface area contributed by atoms with Gasteiger partial charge >= 0.3 is 0 Å². The van der Waals surface area contributed by atoms with E-state index in [1.54, 1.807) is 0 Å². The van der Waals surface area contributed by atoms with Gasteiger partial charge in [-0.3, -0.25) is 4.79 Å². The summed E-state index contributed by atoms with van der Waals surface area (Å²) in [4.78, 5) is 12.2. The van der Waals surface area contributed by atoms with Crippen LogP contribution in [0.15, 0.2) is 41.5 Å². The molecule has 2 rings (SSSR count). The lowest BCUT2D eigenvalue weighted by molar-refractivity contribution is 0.0941. The number of benzene rings is 1. The van der Waals surface area contributed by atoms with Gasteiger partial charge in [-0.1, -0.05) is 41.5 Å². The van der Waals surface area contributed by atoms with Gasteiger partial charge in [0, 0.05) is 12.1 Å². The van der Waals surface area contributed by atoms with Crippen molar-refractivity contribution in [2.75, 3.05) is 6.54 Å². The molecule has 16 heavy (non-hydrogen) atoms. The molecule has 0 spiro atoms. The maximum atomic E-state index is 12.2. The fraction of sp³-hybridized carbons (Fsp3) is 0.357. The van der Waals surface area contributed by atoms with E-state index in [0.29, 0.717) is 0 Å². The Hall–Kier alpha value is -1.41. The van der Waals surface area contributed by atoms with E-state index in [-0.39, 0.29) is 11.8 Å². The van der Waals surface area contributed by atoms with Crippen LogP contribution in [0.1, 0.15) is 30.6 Å². The van der Waals surface area contributed by atoms with Gasteiger partial charge in [0.05, 0.1) is 6.04 Å². The second kappa shape index (κ2) is 4.62. The van der Waals surface area contributed by atoms with Gasteiger partial charge in [0.2, 0.25) is 0 Å². The highest BCUT2D eigenvalue weighted by atomic mass is 16.1. The highest BCUT2D eigenvalue weighted by molar-refractivity contribution is 6.00. The summed E-state index contributed by atoms with van der Waals surface area (Å²) < 4.78 is 0. The summed E-state index contributed by atoms with van der Waals surface area (Å²) in [6.45, 7) is 5.06. The predicted molar refractivity (Wildman–Crippen MR) is 65.6 cm³/mol. The van der Waals surface area contributed by atoms with E-state index in [0.717, 1.165) is 18.5 Å². The smallest absolute Gasteiger partial charge is 0.180 e. The number of Topliss-reactive ketones (excluding diaryl/α,β-unsaturated/α-hetero) is 1. The lowest BCUT2D eigenvalue weighted by Gasteiger charge is -2.24. The molecule has 0 bridgehead atoms. The minimum absolute atomic E-state index is 0.0499. The average molecular weight is 215 g/mol. The Morgan fingerprint density at radius 3 is 2.50 bits per heavy atom. The van der Waals surface area contributed by atoms with E-state index in [1.807, 2.05) is 30.3 Å². The molecule has 1 aromatic rings. The molecular formula is C14H17NO. The second-order valence-corrected chi connectivity index (χ2v) is 4.43. The lowest BCUT2D eigenvalue weighted by Crippen LogP contribution is -2.41. The van der Waals surface area contributed by atoms with Crippen molar-refractivity contribution >= 4 is 5.78 Å². The largest absolute Gasteiger partial charge is 0.303 e. The first kappa shape index (κ1) is 11.1. The van der Waals surface area contributed by atoms with Crippen molar-refractivity contribution in [3.05, 3.63) is 47.0 Å². The third-order valence-electron chi connectivity index (χ3n) is 3.23. The molecule has 0 fully saturated rings. The Bertz CT molecular complexity index is 420. The van der Waals surface area contributed by atoms with Crippen molar-refractivity contribution < 1.29 is 4.79 Å². The van der Waals surface area contributed by atoms with Crippen molar-refractivity contribution in [1.29, 1.82) is 0 Å². The number of hydrogen-bond donors (Lipinski definition) is 1. The molecule has 2 heteroatoms. The summed E-state index contributed by atoms with van der Waals surface area (Å²) in [6, 6.07) is 9.45. The molecule has 1 aromatic carbocycles. The summed E-state index contributed by atoms with van der Waals surface area (Å²) >= 11 is 0. The molecule has 1 unspecified atom stereocenters. The molecule has 1 N–H and O–H groups in total. The molecule has 0 aliphatic carbocycles. The van der Waals surface area contributed by atoms with E-state index >= 15 is 0 Å². The van der Waals surface area contributed by atoms with Crippen LogP contribution in [0.25, 0.3) is 0 Å². The molecule has 1 heterocycles. The van der Waals surface area contributed by atoms with Crippen LogP contribution in [0.4, 0.5) is 0 Å². The Morgan fingerprint density at radius 1 is 1.19 bits per heavy atom.